The van der Waals surface area contributed by atoms with Gasteiger partial charge in [-0.15, -0.1) is 36.2 Å². The van der Waals surface area contributed by atoms with Crippen LogP contribution in [0.4, 0.5) is 0 Å². The number of halogens is 2. The van der Waals surface area contributed by atoms with E-state index in [1.165, 1.54) is 11.3 Å². The fourth-order valence-electron chi connectivity index (χ4n) is 3.14. The minimum atomic E-state index is 0. The van der Waals surface area contributed by atoms with Crippen LogP contribution in [0.15, 0.2) is 29.8 Å². The zero-order valence-electron chi connectivity index (χ0n) is 15.3. The topological polar surface area (TPSA) is 76.1 Å². The van der Waals surface area contributed by atoms with E-state index in [9.17, 15) is 4.79 Å². The van der Waals surface area contributed by atoms with E-state index >= 15 is 0 Å². The predicted molar refractivity (Wildman–Crippen MR) is 113 cm³/mol. The van der Waals surface area contributed by atoms with Crippen LogP contribution in [0.2, 0.25) is 0 Å². The van der Waals surface area contributed by atoms with Crippen molar-refractivity contribution in [1.82, 2.24) is 20.6 Å². The van der Waals surface area contributed by atoms with Crippen molar-refractivity contribution in [3.05, 3.63) is 35.5 Å². The normalized spacial score (nSPS) is 15.3. The SMILES string of the molecule is COCC1(CNC(=O)Cc2csc(-c3ccccn3)n2)CCNCC1.Cl.Cl. The first-order chi connectivity index (χ1) is 12.2. The first-order valence-corrected chi connectivity index (χ1v) is 9.41. The molecule has 3 heterocycles. The highest BCUT2D eigenvalue weighted by Gasteiger charge is 2.32. The number of hydrogen-bond acceptors (Lipinski definition) is 6. The van der Waals surface area contributed by atoms with E-state index in [0.717, 1.165) is 42.3 Å². The molecule has 27 heavy (non-hydrogen) atoms. The molecule has 0 spiro atoms. The molecule has 0 aliphatic carbocycles. The highest BCUT2D eigenvalue weighted by atomic mass is 35.5. The summed E-state index contributed by atoms with van der Waals surface area (Å²) in [7, 11) is 1.72. The molecule has 0 unspecified atom stereocenters. The molecule has 150 valence electrons. The van der Waals surface area contributed by atoms with E-state index in [-0.39, 0.29) is 36.1 Å². The van der Waals surface area contributed by atoms with Crippen molar-refractivity contribution in [1.29, 1.82) is 0 Å². The predicted octanol–water partition coefficient (Wildman–Crippen LogP) is 2.72. The van der Waals surface area contributed by atoms with Gasteiger partial charge in [-0.1, -0.05) is 6.07 Å². The number of piperidine rings is 1. The number of pyridine rings is 1. The molecule has 6 nitrogen and oxygen atoms in total. The van der Waals surface area contributed by atoms with Crippen LogP contribution in [-0.4, -0.2) is 49.2 Å². The fourth-order valence-corrected chi connectivity index (χ4v) is 3.94. The largest absolute Gasteiger partial charge is 0.384 e. The third-order valence-corrected chi connectivity index (χ3v) is 5.47. The van der Waals surface area contributed by atoms with Gasteiger partial charge in [0, 0.05) is 30.6 Å². The number of carbonyl (C=O) groups excluding carboxylic acids is 1. The fraction of sp³-hybridized carbons (Fsp3) is 0.500. The molecular weight excluding hydrogens is 407 g/mol. The van der Waals surface area contributed by atoms with Gasteiger partial charge in [-0.05, 0) is 38.1 Å². The van der Waals surface area contributed by atoms with Crippen LogP contribution in [0, 0.1) is 5.41 Å². The molecule has 3 rings (SSSR count). The van der Waals surface area contributed by atoms with Crippen molar-refractivity contribution in [3.63, 3.8) is 0 Å². The maximum absolute atomic E-state index is 12.3. The van der Waals surface area contributed by atoms with Crippen LogP contribution in [0.25, 0.3) is 10.7 Å². The third kappa shape index (κ3) is 6.69. The first-order valence-electron chi connectivity index (χ1n) is 8.53. The van der Waals surface area contributed by atoms with Gasteiger partial charge >= 0.3 is 0 Å². The van der Waals surface area contributed by atoms with Crippen LogP contribution < -0.4 is 10.6 Å². The van der Waals surface area contributed by atoms with E-state index in [1.54, 1.807) is 13.3 Å². The molecule has 0 bridgehead atoms. The highest BCUT2D eigenvalue weighted by molar-refractivity contribution is 7.13. The first kappa shape index (κ1) is 23.8. The van der Waals surface area contributed by atoms with Crippen molar-refractivity contribution < 1.29 is 9.53 Å². The molecule has 2 N–H and O–H groups in total. The molecule has 2 aromatic rings. The number of nitrogens with zero attached hydrogens (tertiary/aromatic N) is 2. The average Bonchev–Trinajstić information content (AvgIpc) is 3.10. The summed E-state index contributed by atoms with van der Waals surface area (Å²) in [6.45, 7) is 3.27. The Labute approximate surface area is 176 Å². The number of hydrogen-bond donors (Lipinski definition) is 2. The van der Waals surface area contributed by atoms with Crippen molar-refractivity contribution >= 4 is 42.1 Å². The molecule has 1 saturated heterocycles. The quantitative estimate of drug-likeness (QED) is 0.703. The Hall–Kier alpha value is -1.25. The van der Waals surface area contributed by atoms with Crippen molar-refractivity contribution in [3.8, 4) is 10.7 Å². The molecule has 0 radical (unpaired) electrons. The van der Waals surface area contributed by atoms with E-state index in [2.05, 4.69) is 20.6 Å². The Morgan fingerprint density at radius 3 is 2.78 bits per heavy atom. The van der Waals surface area contributed by atoms with Crippen molar-refractivity contribution in [2.75, 3.05) is 33.4 Å². The average molecular weight is 433 g/mol. The number of ether oxygens (including phenoxy) is 1. The van der Waals surface area contributed by atoms with Crippen LogP contribution in [0.5, 0.6) is 0 Å². The van der Waals surface area contributed by atoms with Gasteiger partial charge in [0.1, 0.15) is 5.01 Å². The lowest BCUT2D eigenvalue weighted by Crippen LogP contribution is -2.47. The van der Waals surface area contributed by atoms with Crippen LogP contribution >= 0.6 is 36.2 Å². The minimum Gasteiger partial charge on any atom is -0.384 e. The van der Waals surface area contributed by atoms with Gasteiger partial charge in [-0.25, -0.2) is 4.98 Å². The molecule has 1 aliphatic heterocycles. The molecule has 9 heteroatoms. The van der Waals surface area contributed by atoms with Gasteiger partial charge in [-0.3, -0.25) is 9.78 Å². The smallest absolute Gasteiger partial charge is 0.226 e. The summed E-state index contributed by atoms with van der Waals surface area (Å²) in [5, 5.41) is 9.21. The monoisotopic (exact) mass is 432 g/mol. The summed E-state index contributed by atoms with van der Waals surface area (Å²) in [4.78, 5) is 21.2. The lowest BCUT2D eigenvalue weighted by molar-refractivity contribution is -0.121. The van der Waals surface area contributed by atoms with E-state index in [1.807, 2.05) is 23.6 Å². The second kappa shape index (κ2) is 11.6. The number of carbonyl (C=O) groups is 1. The Kier molecular flexibility index (Phi) is 10.2. The van der Waals surface area contributed by atoms with Gasteiger partial charge in [0.15, 0.2) is 0 Å². The third-order valence-electron chi connectivity index (χ3n) is 4.55. The molecule has 2 aromatic heterocycles. The van der Waals surface area contributed by atoms with E-state index < -0.39 is 0 Å². The summed E-state index contributed by atoms with van der Waals surface area (Å²) in [5.74, 6) is 0.00637. The molecule has 1 amide bonds. The maximum Gasteiger partial charge on any atom is 0.226 e. The summed E-state index contributed by atoms with van der Waals surface area (Å²) in [6.07, 6.45) is 4.07. The Morgan fingerprint density at radius 2 is 2.11 bits per heavy atom. The van der Waals surface area contributed by atoms with Gasteiger partial charge in [0.05, 0.1) is 24.4 Å². The summed E-state index contributed by atoms with van der Waals surface area (Å²) < 4.78 is 5.39. The number of nitrogens with one attached hydrogen (secondary N) is 2. The zero-order chi connectivity index (χ0) is 17.5. The second-order valence-electron chi connectivity index (χ2n) is 6.50. The highest BCUT2D eigenvalue weighted by Crippen LogP contribution is 2.28. The molecule has 1 aliphatic rings. The number of aromatic nitrogens is 2. The number of thiazole rings is 1. The Morgan fingerprint density at radius 1 is 1.33 bits per heavy atom. The molecule has 0 saturated carbocycles. The summed E-state index contributed by atoms with van der Waals surface area (Å²) in [5.41, 5.74) is 1.67. The Bertz CT molecular complexity index is 688. The minimum absolute atomic E-state index is 0. The van der Waals surface area contributed by atoms with Crippen LogP contribution in [-0.2, 0) is 16.0 Å². The molecule has 1 fully saturated rings. The Balaban J connectivity index is 0.00000182. The van der Waals surface area contributed by atoms with Crippen LogP contribution in [0.1, 0.15) is 18.5 Å². The van der Waals surface area contributed by atoms with Gasteiger partial charge in [0.2, 0.25) is 5.91 Å². The summed E-state index contributed by atoms with van der Waals surface area (Å²) in [6, 6.07) is 5.74. The summed E-state index contributed by atoms with van der Waals surface area (Å²) >= 11 is 1.52. The van der Waals surface area contributed by atoms with E-state index in [4.69, 9.17) is 4.74 Å². The van der Waals surface area contributed by atoms with Crippen molar-refractivity contribution in [2.24, 2.45) is 5.41 Å². The second-order valence-corrected chi connectivity index (χ2v) is 7.35. The number of amides is 1. The van der Waals surface area contributed by atoms with E-state index in [0.29, 0.717) is 19.6 Å². The standard InChI is InChI=1S/C18H24N4O2S.2ClH/c1-24-13-18(5-8-19-9-6-18)12-21-16(23)10-14-11-25-17(22-14)15-4-2-3-7-20-15;;/h2-4,7,11,19H,5-6,8-10,12-13H2,1H3,(H,21,23);2*1H. The number of rotatable bonds is 7. The molecular formula is C18H26Cl2N4O2S. The molecule has 0 atom stereocenters. The molecule has 0 aromatic carbocycles. The maximum atomic E-state index is 12.3. The zero-order valence-corrected chi connectivity index (χ0v) is 17.7. The lowest BCUT2D eigenvalue weighted by Gasteiger charge is -2.37. The lowest BCUT2D eigenvalue weighted by atomic mass is 9.79. The van der Waals surface area contributed by atoms with Crippen LogP contribution in [0.3, 0.4) is 0 Å². The van der Waals surface area contributed by atoms with Gasteiger partial charge in [-0.2, -0.15) is 0 Å². The van der Waals surface area contributed by atoms with Crippen molar-refractivity contribution in [2.45, 2.75) is 19.3 Å². The number of methoxy groups -OCH3 is 1. The van der Waals surface area contributed by atoms with Gasteiger partial charge in [0.25, 0.3) is 0 Å². The van der Waals surface area contributed by atoms with Gasteiger partial charge < -0.3 is 15.4 Å².